The third-order valence-corrected chi connectivity index (χ3v) is 3.88. The number of carbonyl (C=O) groups is 1. The van der Waals surface area contributed by atoms with E-state index < -0.39 is 5.97 Å². The number of nitrogens with zero attached hydrogens (tertiary/aromatic N) is 2. The Morgan fingerprint density at radius 2 is 2.11 bits per heavy atom. The average Bonchev–Trinajstić information content (AvgIpc) is 2.88. The van der Waals surface area contributed by atoms with Crippen molar-refractivity contribution in [3.8, 4) is 0 Å². The normalized spacial score (nSPS) is 10.5. The standard InChI is InChI=1S/C11H13N3O2S2/c1-7-13-8(5-17-7)2-3-12-11-14-9(6-18-11)4-10(15)16/h5-6H,2-4H2,1H3,(H,12,14)(H,15,16). The van der Waals surface area contributed by atoms with Crippen LogP contribution in [0.2, 0.25) is 0 Å². The number of carboxylic acids is 1. The van der Waals surface area contributed by atoms with Crippen LogP contribution in [-0.4, -0.2) is 27.6 Å². The minimum Gasteiger partial charge on any atom is -0.481 e. The van der Waals surface area contributed by atoms with E-state index in [2.05, 4.69) is 20.7 Å². The fourth-order valence-corrected chi connectivity index (χ4v) is 2.83. The summed E-state index contributed by atoms with van der Waals surface area (Å²) in [4.78, 5) is 19.1. The van der Waals surface area contributed by atoms with Gasteiger partial charge in [0.1, 0.15) is 0 Å². The first-order chi connectivity index (χ1) is 8.63. The van der Waals surface area contributed by atoms with Gasteiger partial charge in [0.25, 0.3) is 0 Å². The van der Waals surface area contributed by atoms with E-state index in [4.69, 9.17) is 5.11 Å². The van der Waals surface area contributed by atoms with Crippen molar-refractivity contribution in [2.75, 3.05) is 11.9 Å². The predicted molar refractivity (Wildman–Crippen MR) is 72.5 cm³/mol. The molecule has 7 heteroatoms. The van der Waals surface area contributed by atoms with E-state index in [1.54, 1.807) is 16.7 Å². The maximum atomic E-state index is 10.5. The van der Waals surface area contributed by atoms with Gasteiger partial charge in [-0.05, 0) is 6.92 Å². The summed E-state index contributed by atoms with van der Waals surface area (Å²) in [7, 11) is 0. The molecule has 2 aromatic rings. The zero-order valence-corrected chi connectivity index (χ0v) is 11.5. The Kier molecular flexibility index (Phi) is 4.27. The van der Waals surface area contributed by atoms with E-state index in [1.165, 1.54) is 11.3 Å². The van der Waals surface area contributed by atoms with Gasteiger partial charge in [-0.15, -0.1) is 22.7 Å². The monoisotopic (exact) mass is 283 g/mol. The van der Waals surface area contributed by atoms with E-state index in [1.807, 2.05) is 6.92 Å². The number of aryl methyl sites for hydroxylation is 1. The number of carboxylic acid groups (broad SMARTS) is 1. The van der Waals surface area contributed by atoms with Crippen LogP contribution in [0.5, 0.6) is 0 Å². The Morgan fingerprint density at radius 1 is 1.33 bits per heavy atom. The number of aromatic nitrogens is 2. The van der Waals surface area contributed by atoms with Gasteiger partial charge in [-0.25, -0.2) is 9.97 Å². The van der Waals surface area contributed by atoms with Gasteiger partial charge in [0, 0.05) is 23.7 Å². The van der Waals surface area contributed by atoms with Crippen LogP contribution in [0.15, 0.2) is 10.8 Å². The Morgan fingerprint density at radius 3 is 2.78 bits per heavy atom. The Hall–Kier alpha value is -1.47. The first-order valence-electron chi connectivity index (χ1n) is 5.44. The van der Waals surface area contributed by atoms with E-state index in [9.17, 15) is 4.79 Å². The summed E-state index contributed by atoms with van der Waals surface area (Å²) < 4.78 is 0. The minimum absolute atomic E-state index is 0.0243. The quantitative estimate of drug-likeness (QED) is 0.850. The third-order valence-electron chi connectivity index (χ3n) is 2.21. The number of hydrogen-bond acceptors (Lipinski definition) is 6. The first-order valence-corrected chi connectivity index (χ1v) is 7.20. The van der Waals surface area contributed by atoms with Gasteiger partial charge in [0.05, 0.1) is 22.8 Å². The summed E-state index contributed by atoms with van der Waals surface area (Å²) >= 11 is 3.07. The highest BCUT2D eigenvalue weighted by atomic mass is 32.1. The van der Waals surface area contributed by atoms with Gasteiger partial charge in [-0.2, -0.15) is 0 Å². The van der Waals surface area contributed by atoms with Crippen molar-refractivity contribution in [1.29, 1.82) is 0 Å². The smallest absolute Gasteiger partial charge is 0.309 e. The molecular formula is C11H13N3O2S2. The van der Waals surface area contributed by atoms with Crippen molar-refractivity contribution in [3.63, 3.8) is 0 Å². The van der Waals surface area contributed by atoms with E-state index in [0.29, 0.717) is 5.69 Å². The number of anilines is 1. The molecule has 2 rings (SSSR count). The first kappa shape index (κ1) is 13.0. The van der Waals surface area contributed by atoms with Gasteiger partial charge >= 0.3 is 5.97 Å². The zero-order valence-electron chi connectivity index (χ0n) is 9.84. The highest BCUT2D eigenvalue weighted by molar-refractivity contribution is 7.13. The van der Waals surface area contributed by atoms with E-state index in [-0.39, 0.29) is 6.42 Å². The largest absolute Gasteiger partial charge is 0.481 e. The average molecular weight is 283 g/mol. The van der Waals surface area contributed by atoms with Crippen molar-refractivity contribution < 1.29 is 9.90 Å². The molecule has 0 fully saturated rings. The van der Waals surface area contributed by atoms with E-state index in [0.717, 1.165) is 28.8 Å². The summed E-state index contributed by atoms with van der Waals surface area (Å²) in [6, 6.07) is 0. The molecule has 0 aliphatic rings. The number of aliphatic carboxylic acids is 1. The summed E-state index contributed by atoms with van der Waals surface area (Å²) in [5.74, 6) is -0.857. The summed E-state index contributed by atoms with van der Waals surface area (Å²) in [5.41, 5.74) is 1.67. The second-order valence-corrected chi connectivity index (χ2v) is 5.67. The minimum atomic E-state index is -0.857. The van der Waals surface area contributed by atoms with Crippen LogP contribution >= 0.6 is 22.7 Å². The molecular weight excluding hydrogens is 270 g/mol. The molecule has 0 saturated carbocycles. The van der Waals surface area contributed by atoms with Crippen molar-refractivity contribution in [1.82, 2.24) is 9.97 Å². The van der Waals surface area contributed by atoms with Crippen LogP contribution in [0.3, 0.4) is 0 Å². The van der Waals surface area contributed by atoms with Crippen LogP contribution in [0, 0.1) is 6.92 Å². The van der Waals surface area contributed by atoms with Crippen LogP contribution < -0.4 is 5.32 Å². The lowest BCUT2D eigenvalue weighted by molar-refractivity contribution is -0.136. The highest BCUT2D eigenvalue weighted by Gasteiger charge is 2.06. The van der Waals surface area contributed by atoms with Crippen LogP contribution in [0.4, 0.5) is 5.13 Å². The second-order valence-electron chi connectivity index (χ2n) is 3.75. The maximum absolute atomic E-state index is 10.5. The Balaban J connectivity index is 1.79. The van der Waals surface area contributed by atoms with Gasteiger partial charge < -0.3 is 10.4 Å². The predicted octanol–water partition coefficient (Wildman–Crippen LogP) is 2.19. The Labute approximate surface area is 113 Å². The zero-order chi connectivity index (χ0) is 13.0. The summed E-state index contributed by atoms with van der Waals surface area (Å²) in [6.45, 7) is 2.74. The molecule has 96 valence electrons. The second kappa shape index (κ2) is 5.92. The molecule has 0 amide bonds. The van der Waals surface area contributed by atoms with Crippen molar-refractivity contribution >= 4 is 33.8 Å². The lowest BCUT2D eigenvalue weighted by Crippen LogP contribution is -2.05. The van der Waals surface area contributed by atoms with Crippen molar-refractivity contribution in [2.24, 2.45) is 0 Å². The molecule has 18 heavy (non-hydrogen) atoms. The topological polar surface area (TPSA) is 75.1 Å². The lowest BCUT2D eigenvalue weighted by Gasteiger charge is -1.99. The SMILES string of the molecule is Cc1nc(CCNc2nc(CC(=O)O)cs2)cs1. The molecule has 2 N–H and O–H groups in total. The van der Waals surface area contributed by atoms with Crippen LogP contribution in [0.25, 0.3) is 0 Å². The molecule has 0 spiro atoms. The number of nitrogens with one attached hydrogen (secondary N) is 1. The number of thiazole rings is 2. The molecule has 0 saturated heterocycles. The molecule has 0 atom stereocenters. The van der Waals surface area contributed by atoms with Crippen molar-refractivity contribution in [3.05, 3.63) is 27.2 Å². The van der Waals surface area contributed by atoms with Gasteiger partial charge in [-0.3, -0.25) is 4.79 Å². The molecule has 0 unspecified atom stereocenters. The Bertz CT molecular complexity index is 536. The summed E-state index contributed by atoms with van der Waals surface area (Å²) in [6.07, 6.45) is 0.821. The molecule has 0 aromatic carbocycles. The summed E-state index contributed by atoms with van der Waals surface area (Å²) in [5, 5.41) is 17.5. The fraction of sp³-hybridized carbons (Fsp3) is 0.364. The van der Waals surface area contributed by atoms with Gasteiger partial charge in [-0.1, -0.05) is 0 Å². The molecule has 0 radical (unpaired) electrons. The number of rotatable bonds is 6. The maximum Gasteiger partial charge on any atom is 0.309 e. The molecule has 2 heterocycles. The molecule has 2 aromatic heterocycles. The van der Waals surface area contributed by atoms with Crippen LogP contribution in [0.1, 0.15) is 16.4 Å². The van der Waals surface area contributed by atoms with Gasteiger partial charge in [0.2, 0.25) is 0 Å². The molecule has 0 aliphatic carbocycles. The molecule has 5 nitrogen and oxygen atoms in total. The van der Waals surface area contributed by atoms with Crippen molar-refractivity contribution in [2.45, 2.75) is 19.8 Å². The van der Waals surface area contributed by atoms with Gasteiger partial charge in [0.15, 0.2) is 5.13 Å². The van der Waals surface area contributed by atoms with E-state index >= 15 is 0 Å². The lowest BCUT2D eigenvalue weighted by atomic mass is 10.3. The number of hydrogen-bond donors (Lipinski definition) is 2. The highest BCUT2D eigenvalue weighted by Crippen LogP contribution is 2.16. The third kappa shape index (κ3) is 3.78. The fourth-order valence-electron chi connectivity index (χ4n) is 1.44. The van der Waals surface area contributed by atoms with Crippen LogP contribution in [-0.2, 0) is 17.6 Å². The molecule has 0 aliphatic heterocycles. The molecule has 0 bridgehead atoms.